The zero-order valence-corrected chi connectivity index (χ0v) is 16.9. The molecule has 0 bridgehead atoms. The average molecular weight is 421 g/mol. The Hall–Kier alpha value is -2.38. The number of benzene rings is 1. The van der Waals surface area contributed by atoms with E-state index in [0.717, 1.165) is 25.7 Å². The lowest BCUT2D eigenvalue weighted by atomic mass is 10.1. The van der Waals surface area contributed by atoms with Gasteiger partial charge in [0.05, 0.1) is 16.1 Å². The van der Waals surface area contributed by atoms with Crippen molar-refractivity contribution in [3.63, 3.8) is 0 Å². The summed E-state index contributed by atoms with van der Waals surface area (Å²) >= 11 is 7.30. The average Bonchev–Trinajstić information content (AvgIpc) is 3.35. The van der Waals surface area contributed by atoms with Crippen molar-refractivity contribution in [2.75, 3.05) is 5.32 Å². The van der Waals surface area contributed by atoms with Crippen LogP contribution in [0.3, 0.4) is 0 Å². The second kappa shape index (κ2) is 9.21. The molecule has 0 radical (unpaired) electrons. The number of esters is 1. The van der Waals surface area contributed by atoms with Gasteiger partial charge in [0.15, 0.2) is 6.10 Å². The van der Waals surface area contributed by atoms with E-state index in [4.69, 9.17) is 16.3 Å². The molecule has 1 heterocycles. The molecule has 2 aromatic rings. The number of anilines is 1. The van der Waals surface area contributed by atoms with Gasteiger partial charge in [-0.05, 0) is 49.4 Å². The Morgan fingerprint density at radius 2 is 1.96 bits per heavy atom. The van der Waals surface area contributed by atoms with Crippen LogP contribution in [0, 0.1) is 0 Å². The van der Waals surface area contributed by atoms with Crippen LogP contribution in [0.1, 0.15) is 52.6 Å². The Morgan fingerprint density at radius 1 is 1.21 bits per heavy atom. The maximum Gasteiger partial charge on any atom is 0.341 e. The Balaban J connectivity index is 1.68. The molecule has 0 saturated heterocycles. The number of carbonyl (C=O) groups excluding carboxylic acids is 3. The van der Waals surface area contributed by atoms with Crippen LogP contribution in [0.4, 0.5) is 5.69 Å². The standard InChI is InChI=1S/C20H21ClN2O4S/c1-12(18(24)22-14-5-2-3-6-14)27-20(26)15-9-8-13(21)11-16(15)23-19(25)17-7-4-10-28-17/h4,7-12,14H,2-3,5-6H2,1H3,(H,22,24)(H,23,25)/t12-/m0/s1. The monoisotopic (exact) mass is 420 g/mol. The minimum absolute atomic E-state index is 0.134. The molecule has 28 heavy (non-hydrogen) atoms. The van der Waals surface area contributed by atoms with Crippen LogP contribution < -0.4 is 10.6 Å². The molecule has 1 atom stereocenters. The summed E-state index contributed by atoms with van der Waals surface area (Å²) in [7, 11) is 0. The molecule has 1 saturated carbocycles. The van der Waals surface area contributed by atoms with Crippen molar-refractivity contribution in [1.29, 1.82) is 0 Å². The van der Waals surface area contributed by atoms with E-state index in [1.165, 1.54) is 36.5 Å². The van der Waals surface area contributed by atoms with Gasteiger partial charge < -0.3 is 15.4 Å². The Kier molecular flexibility index (Phi) is 6.70. The summed E-state index contributed by atoms with van der Waals surface area (Å²) in [4.78, 5) is 37.7. The van der Waals surface area contributed by atoms with Gasteiger partial charge in [-0.15, -0.1) is 11.3 Å². The lowest BCUT2D eigenvalue weighted by Gasteiger charge is -2.18. The first-order chi connectivity index (χ1) is 13.4. The Bertz CT molecular complexity index is 863. The van der Waals surface area contributed by atoms with Crippen LogP contribution in [-0.2, 0) is 9.53 Å². The molecular formula is C20H21ClN2O4S. The first-order valence-corrected chi connectivity index (χ1v) is 10.4. The molecule has 1 aromatic carbocycles. The number of rotatable bonds is 6. The number of hydrogen-bond donors (Lipinski definition) is 2. The highest BCUT2D eigenvalue weighted by Crippen LogP contribution is 2.24. The van der Waals surface area contributed by atoms with Crippen LogP contribution in [0.2, 0.25) is 5.02 Å². The molecule has 148 valence electrons. The van der Waals surface area contributed by atoms with E-state index in [9.17, 15) is 14.4 Å². The van der Waals surface area contributed by atoms with E-state index in [0.29, 0.717) is 9.90 Å². The van der Waals surface area contributed by atoms with E-state index in [1.807, 2.05) is 0 Å². The number of amides is 2. The van der Waals surface area contributed by atoms with E-state index in [1.54, 1.807) is 17.5 Å². The van der Waals surface area contributed by atoms with Gasteiger partial charge in [0, 0.05) is 11.1 Å². The van der Waals surface area contributed by atoms with Gasteiger partial charge in [-0.1, -0.05) is 30.5 Å². The zero-order valence-electron chi connectivity index (χ0n) is 15.4. The molecule has 1 aliphatic rings. The van der Waals surface area contributed by atoms with Gasteiger partial charge in [-0.25, -0.2) is 4.79 Å². The number of nitrogens with one attached hydrogen (secondary N) is 2. The van der Waals surface area contributed by atoms with Crippen molar-refractivity contribution in [3.8, 4) is 0 Å². The van der Waals surface area contributed by atoms with Crippen LogP contribution in [0.15, 0.2) is 35.7 Å². The van der Waals surface area contributed by atoms with E-state index >= 15 is 0 Å². The summed E-state index contributed by atoms with van der Waals surface area (Å²) in [6.07, 6.45) is 3.14. The van der Waals surface area contributed by atoms with Crippen LogP contribution in [0.5, 0.6) is 0 Å². The van der Waals surface area contributed by atoms with Crippen molar-refractivity contribution in [1.82, 2.24) is 5.32 Å². The predicted octanol–water partition coefficient (Wildman–Crippen LogP) is 4.26. The molecule has 2 N–H and O–H groups in total. The molecular weight excluding hydrogens is 400 g/mol. The fraction of sp³-hybridized carbons (Fsp3) is 0.350. The van der Waals surface area contributed by atoms with Crippen LogP contribution in [0.25, 0.3) is 0 Å². The van der Waals surface area contributed by atoms with E-state index in [2.05, 4.69) is 10.6 Å². The largest absolute Gasteiger partial charge is 0.449 e. The van der Waals surface area contributed by atoms with Crippen LogP contribution >= 0.6 is 22.9 Å². The number of ether oxygens (including phenoxy) is 1. The fourth-order valence-corrected chi connectivity index (χ4v) is 3.85. The third-order valence-corrected chi connectivity index (χ3v) is 5.65. The summed E-state index contributed by atoms with van der Waals surface area (Å²) < 4.78 is 5.32. The van der Waals surface area contributed by atoms with Crippen molar-refractivity contribution >= 4 is 46.4 Å². The highest BCUT2D eigenvalue weighted by Gasteiger charge is 2.25. The summed E-state index contributed by atoms with van der Waals surface area (Å²) in [5.74, 6) is -1.37. The minimum Gasteiger partial charge on any atom is -0.449 e. The van der Waals surface area contributed by atoms with Gasteiger partial charge in [0.2, 0.25) is 0 Å². The molecule has 8 heteroatoms. The molecule has 1 fully saturated rings. The normalized spacial score (nSPS) is 15.1. The lowest BCUT2D eigenvalue weighted by molar-refractivity contribution is -0.129. The van der Waals surface area contributed by atoms with Gasteiger partial charge in [-0.3, -0.25) is 9.59 Å². The smallest absolute Gasteiger partial charge is 0.341 e. The molecule has 2 amide bonds. The number of thiophene rings is 1. The lowest BCUT2D eigenvalue weighted by Crippen LogP contribution is -2.40. The molecule has 1 aliphatic carbocycles. The second-order valence-electron chi connectivity index (χ2n) is 6.66. The molecule has 3 rings (SSSR count). The van der Waals surface area contributed by atoms with Crippen LogP contribution in [-0.4, -0.2) is 29.9 Å². The molecule has 0 aliphatic heterocycles. The number of carbonyl (C=O) groups is 3. The Morgan fingerprint density at radius 3 is 2.64 bits per heavy atom. The fourth-order valence-electron chi connectivity index (χ4n) is 3.06. The topological polar surface area (TPSA) is 84.5 Å². The maximum absolute atomic E-state index is 12.6. The van der Waals surface area contributed by atoms with E-state index < -0.39 is 12.1 Å². The van der Waals surface area contributed by atoms with Gasteiger partial charge >= 0.3 is 5.97 Å². The summed E-state index contributed by atoms with van der Waals surface area (Å²) in [6.45, 7) is 1.53. The van der Waals surface area contributed by atoms with Gasteiger partial charge in [0.1, 0.15) is 0 Å². The SMILES string of the molecule is C[C@H](OC(=O)c1ccc(Cl)cc1NC(=O)c1cccs1)C(=O)NC1CCCC1. The minimum atomic E-state index is -0.940. The van der Waals surface area contributed by atoms with Crippen molar-refractivity contribution < 1.29 is 19.1 Å². The summed E-state index contributed by atoms with van der Waals surface area (Å²) in [6, 6.07) is 8.06. The quantitative estimate of drug-likeness (QED) is 0.684. The predicted molar refractivity (Wildman–Crippen MR) is 109 cm³/mol. The number of halogens is 1. The highest BCUT2D eigenvalue weighted by molar-refractivity contribution is 7.12. The molecule has 0 unspecified atom stereocenters. The number of hydrogen-bond acceptors (Lipinski definition) is 5. The maximum atomic E-state index is 12.6. The molecule has 6 nitrogen and oxygen atoms in total. The zero-order chi connectivity index (χ0) is 20.1. The first-order valence-electron chi connectivity index (χ1n) is 9.10. The first kappa shape index (κ1) is 20.4. The molecule has 1 aromatic heterocycles. The van der Waals surface area contributed by atoms with Crippen molar-refractivity contribution in [2.24, 2.45) is 0 Å². The molecule has 0 spiro atoms. The summed E-state index contributed by atoms with van der Waals surface area (Å²) in [5.41, 5.74) is 0.370. The highest BCUT2D eigenvalue weighted by atomic mass is 35.5. The van der Waals surface area contributed by atoms with E-state index in [-0.39, 0.29) is 29.1 Å². The third kappa shape index (κ3) is 5.11. The third-order valence-electron chi connectivity index (χ3n) is 4.55. The van der Waals surface area contributed by atoms with Crippen molar-refractivity contribution in [3.05, 3.63) is 51.2 Å². The summed E-state index contributed by atoms with van der Waals surface area (Å²) in [5, 5.41) is 7.74. The van der Waals surface area contributed by atoms with Crippen molar-refractivity contribution in [2.45, 2.75) is 44.8 Å². The second-order valence-corrected chi connectivity index (χ2v) is 8.04. The van der Waals surface area contributed by atoms with Gasteiger partial charge in [0.25, 0.3) is 11.8 Å². The van der Waals surface area contributed by atoms with Gasteiger partial charge in [-0.2, -0.15) is 0 Å². The Labute approximate surface area is 172 Å².